The maximum atomic E-state index is 11.8. The number of hydrogen-bond donors (Lipinski definition) is 2. The van der Waals surface area contributed by atoms with E-state index in [0.717, 1.165) is 4.90 Å². The molecule has 18 heavy (non-hydrogen) atoms. The molecule has 1 rings (SSSR count). The summed E-state index contributed by atoms with van der Waals surface area (Å²) in [6.45, 7) is 0.289. The second-order valence-electron chi connectivity index (χ2n) is 4.07. The van der Waals surface area contributed by atoms with E-state index in [4.69, 9.17) is 9.84 Å². The number of carboxylic acids is 1. The second kappa shape index (κ2) is 6.20. The third kappa shape index (κ3) is 3.59. The van der Waals surface area contributed by atoms with Gasteiger partial charge in [0.25, 0.3) is 0 Å². The van der Waals surface area contributed by atoms with Crippen molar-refractivity contribution in [3.8, 4) is 0 Å². The molecule has 0 aliphatic carbocycles. The molecule has 1 fully saturated rings. The molecule has 1 aliphatic rings. The summed E-state index contributed by atoms with van der Waals surface area (Å²) in [4.78, 5) is 36.5. The zero-order chi connectivity index (χ0) is 13.7. The molecule has 1 aliphatic heterocycles. The fourth-order valence-electron chi connectivity index (χ4n) is 1.46. The van der Waals surface area contributed by atoms with Crippen LogP contribution in [-0.2, 0) is 14.3 Å². The number of ether oxygens (including phenoxy) is 1. The van der Waals surface area contributed by atoms with Crippen LogP contribution in [0, 0.1) is 0 Å². The summed E-state index contributed by atoms with van der Waals surface area (Å²) in [6.07, 6.45) is 0. The Morgan fingerprint density at radius 2 is 2.11 bits per heavy atom. The molecule has 8 nitrogen and oxygen atoms in total. The van der Waals surface area contributed by atoms with Gasteiger partial charge in [-0.1, -0.05) is 0 Å². The van der Waals surface area contributed by atoms with Gasteiger partial charge in [-0.25, -0.2) is 9.59 Å². The van der Waals surface area contributed by atoms with Crippen molar-refractivity contribution >= 4 is 17.9 Å². The molecule has 0 spiro atoms. The summed E-state index contributed by atoms with van der Waals surface area (Å²) in [7, 11) is 3.15. The Bertz CT molecular complexity index is 344. The summed E-state index contributed by atoms with van der Waals surface area (Å²) in [5, 5.41) is 11.3. The van der Waals surface area contributed by atoms with Crippen molar-refractivity contribution in [2.45, 2.75) is 6.04 Å². The van der Waals surface area contributed by atoms with Crippen LogP contribution in [0.3, 0.4) is 0 Å². The topological polar surface area (TPSA) is 99.2 Å². The third-order valence-corrected chi connectivity index (χ3v) is 2.56. The molecule has 0 aromatic rings. The van der Waals surface area contributed by atoms with E-state index >= 15 is 0 Å². The highest BCUT2D eigenvalue weighted by Crippen LogP contribution is 2.07. The molecule has 1 atom stereocenters. The molecule has 102 valence electrons. The van der Waals surface area contributed by atoms with Gasteiger partial charge in [-0.15, -0.1) is 0 Å². The average molecular weight is 259 g/mol. The van der Waals surface area contributed by atoms with E-state index in [2.05, 4.69) is 5.32 Å². The first-order valence-electron chi connectivity index (χ1n) is 5.48. The van der Waals surface area contributed by atoms with Crippen molar-refractivity contribution in [3.63, 3.8) is 0 Å². The van der Waals surface area contributed by atoms with Crippen molar-refractivity contribution in [2.24, 2.45) is 0 Å². The fraction of sp³-hybridized carbons (Fsp3) is 0.700. The number of aliphatic carboxylic acids is 1. The normalized spacial score (nSPS) is 19.2. The van der Waals surface area contributed by atoms with Crippen molar-refractivity contribution in [1.82, 2.24) is 15.1 Å². The molecule has 0 aromatic carbocycles. The van der Waals surface area contributed by atoms with Crippen molar-refractivity contribution < 1.29 is 24.2 Å². The van der Waals surface area contributed by atoms with E-state index in [0.29, 0.717) is 6.61 Å². The van der Waals surface area contributed by atoms with E-state index in [1.807, 2.05) is 0 Å². The zero-order valence-corrected chi connectivity index (χ0v) is 10.4. The number of urea groups is 1. The minimum Gasteiger partial charge on any atom is -0.480 e. The number of rotatable bonds is 3. The van der Waals surface area contributed by atoms with E-state index < -0.39 is 18.0 Å². The van der Waals surface area contributed by atoms with Gasteiger partial charge in [-0.2, -0.15) is 0 Å². The zero-order valence-electron chi connectivity index (χ0n) is 10.4. The number of nitrogens with one attached hydrogen (secondary N) is 1. The number of carboxylic acid groups (broad SMARTS) is 1. The van der Waals surface area contributed by atoms with Crippen molar-refractivity contribution in [3.05, 3.63) is 0 Å². The smallest absolute Gasteiger partial charge is 0.328 e. The fourth-order valence-corrected chi connectivity index (χ4v) is 1.46. The van der Waals surface area contributed by atoms with Crippen LogP contribution in [0.5, 0.6) is 0 Å². The van der Waals surface area contributed by atoms with Crippen molar-refractivity contribution in [2.75, 3.05) is 40.4 Å². The Morgan fingerprint density at radius 3 is 2.67 bits per heavy atom. The SMILES string of the molecule is CN(C)C(=O)CNC(=O)N1CCOCC1C(=O)O. The van der Waals surface area contributed by atoms with E-state index in [9.17, 15) is 14.4 Å². The summed E-state index contributed by atoms with van der Waals surface area (Å²) in [5.41, 5.74) is 0. The molecule has 3 amide bonds. The number of carbonyl (C=O) groups is 3. The highest BCUT2D eigenvalue weighted by Gasteiger charge is 2.32. The lowest BCUT2D eigenvalue weighted by Gasteiger charge is -2.32. The maximum absolute atomic E-state index is 11.8. The molecule has 1 saturated heterocycles. The highest BCUT2D eigenvalue weighted by atomic mass is 16.5. The molecule has 2 N–H and O–H groups in total. The van der Waals surface area contributed by atoms with E-state index in [1.165, 1.54) is 4.90 Å². The van der Waals surface area contributed by atoms with Gasteiger partial charge in [0.2, 0.25) is 5.91 Å². The predicted molar refractivity (Wildman–Crippen MR) is 61.0 cm³/mol. The Kier molecular flexibility index (Phi) is 4.90. The minimum absolute atomic E-state index is 0.0373. The number of amides is 3. The molecule has 0 aromatic heterocycles. The first kappa shape index (κ1) is 14.2. The lowest BCUT2D eigenvalue weighted by atomic mass is 10.2. The first-order chi connectivity index (χ1) is 8.43. The van der Waals surface area contributed by atoms with Gasteiger partial charge in [-0.3, -0.25) is 4.79 Å². The van der Waals surface area contributed by atoms with Crippen LogP contribution in [0.25, 0.3) is 0 Å². The van der Waals surface area contributed by atoms with Crippen LogP contribution < -0.4 is 5.32 Å². The highest BCUT2D eigenvalue weighted by molar-refractivity contribution is 5.86. The second-order valence-corrected chi connectivity index (χ2v) is 4.07. The predicted octanol–water partition coefficient (Wildman–Crippen LogP) is -1.43. The first-order valence-corrected chi connectivity index (χ1v) is 5.48. The number of nitrogens with zero attached hydrogens (tertiary/aromatic N) is 2. The van der Waals surface area contributed by atoms with E-state index in [1.54, 1.807) is 14.1 Å². The summed E-state index contributed by atoms with van der Waals surface area (Å²) >= 11 is 0. The third-order valence-electron chi connectivity index (χ3n) is 2.56. The van der Waals surface area contributed by atoms with Crippen LogP contribution in [0.15, 0.2) is 0 Å². The van der Waals surface area contributed by atoms with Crippen LogP contribution in [0.4, 0.5) is 4.79 Å². The van der Waals surface area contributed by atoms with Gasteiger partial charge in [0.15, 0.2) is 6.04 Å². The maximum Gasteiger partial charge on any atom is 0.328 e. The monoisotopic (exact) mass is 259 g/mol. The van der Waals surface area contributed by atoms with Gasteiger partial charge < -0.3 is 25.0 Å². The average Bonchev–Trinajstić information content (AvgIpc) is 2.35. The largest absolute Gasteiger partial charge is 0.480 e. The molecule has 0 radical (unpaired) electrons. The standard InChI is InChI=1S/C10H17N3O5/c1-12(2)8(14)5-11-10(17)13-3-4-18-6-7(13)9(15)16/h7H,3-6H2,1-2H3,(H,11,17)(H,15,16). The Hall–Kier alpha value is -1.83. The Balaban J connectivity index is 2.53. The van der Waals surface area contributed by atoms with Gasteiger partial charge in [0.1, 0.15) is 0 Å². The number of morpholine rings is 1. The van der Waals surface area contributed by atoms with Gasteiger partial charge in [0, 0.05) is 20.6 Å². The number of likely N-dealkylation sites (N-methyl/N-ethyl adjacent to an activating group) is 1. The van der Waals surface area contributed by atoms with Gasteiger partial charge in [0.05, 0.1) is 19.8 Å². The Morgan fingerprint density at radius 1 is 1.44 bits per heavy atom. The lowest BCUT2D eigenvalue weighted by molar-refractivity contribution is -0.147. The summed E-state index contributed by atoms with van der Waals surface area (Å²) in [5.74, 6) is -1.38. The number of hydrogen-bond acceptors (Lipinski definition) is 4. The molecular weight excluding hydrogens is 242 g/mol. The Labute approximate surface area is 104 Å². The summed E-state index contributed by atoms with van der Waals surface area (Å²) in [6, 6.07) is -1.57. The molecule has 1 heterocycles. The van der Waals surface area contributed by atoms with E-state index in [-0.39, 0.29) is 25.6 Å². The molecule has 0 bridgehead atoms. The van der Waals surface area contributed by atoms with Crippen molar-refractivity contribution in [1.29, 1.82) is 0 Å². The molecular formula is C10H17N3O5. The van der Waals surface area contributed by atoms with Crippen LogP contribution in [-0.4, -0.2) is 79.3 Å². The van der Waals surface area contributed by atoms with Crippen LogP contribution in [0.1, 0.15) is 0 Å². The van der Waals surface area contributed by atoms with Gasteiger partial charge in [-0.05, 0) is 0 Å². The lowest BCUT2D eigenvalue weighted by Crippen LogP contribution is -2.56. The quantitative estimate of drug-likeness (QED) is 0.647. The summed E-state index contributed by atoms with van der Waals surface area (Å²) < 4.78 is 5.01. The molecule has 0 saturated carbocycles. The minimum atomic E-state index is -1.12. The number of carbonyl (C=O) groups excluding carboxylic acids is 2. The molecule has 8 heteroatoms. The van der Waals surface area contributed by atoms with Crippen LogP contribution in [0.2, 0.25) is 0 Å². The molecule has 1 unspecified atom stereocenters. The van der Waals surface area contributed by atoms with Gasteiger partial charge >= 0.3 is 12.0 Å². The van der Waals surface area contributed by atoms with Crippen LogP contribution >= 0.6 is 0 Å².